The molecule has 1 unspecified atom stereocenters. The number of hydrogen-bond acceptors (Lipinski definition) is 2. The summed E-state index contributed by atoms with van der Waals surface area (Å²) in [6.07, 6.45) is 1.91. The minimum absolute atomic E-state index is 0.326. The molecule has 0 aromatic heterocycles. The third kappa shape index (κ3) is 2.63. The minimum atomic E-state index is -0.407. The van der Waals surface area contributed by atoms with Crippen molar-refractivity contribution in [2.45, 2.75) is 18.9 Å². The number of anilines is 1. The predicted octanol–water partition coefficient (Wildman–Crippen LogP) is 3.02. The summed E-state index contributed by atoms with van der Waals surface area (Å²) in [6, 6.07) is 13.7. The monoisotopic (exact) mass is 286 g/mol. The van der Waals surface area contributed by atoms with Crippen molar-refractivity contribution in [2.75, 3.05) is 5.32 Å². The topological polar surface area (TPSA) is 55.1 Å². The van der Waals surface area contributed by atoms with Crippen molar-refractivity contribution in [1.29, 1.82) is 0 Å². The molecule has 0 radical (unpaired) electrons. The Hall–Kier alpha value is -2.00. The minimum Gasteiger partial charge on any atom is -0.382 e. The molecule has 3 nitrogen and oxygen atoms in total. The number of fused-ring (bicyclic) bond motifs is 1. The molecule has 0 aliphatic heterocycles. The highest BCUT2D eigenvalue weighted by Crippen LogP contribution is 2.27. The molecule has 0 saturated heterocycles. The van der Waals surface area contributed by atoms with Crippen LogP contribution in [0.25, 0.3) is 0 Å². The van der Waals surface area contributed by atoms with Crippen LogP contribution in [0, 0.1) is 0 Å². The van der Waals surface area contributed by atoms with Crippen LogP contribution in [-0.4, -0.2) is 11.9 Å². The lowest BCUT2D eigenvalue weighted by atomic mass is 10.1. The number of nitrogens with two attached hydrogens (primary N) is 1. The molecule has 1 aliphatic rings. The van der Waals surface area contributed by atoms with Gasteiger partial charge in [0.1, 0.15) is 0 Å². The molecule has 2 aromatic rings. The van der Waals surface area contributed by atoms with Gasteiger partial charge in [-0.1, -0.05) is 23.7 Å². The fourth-order valence-electron chi connectivity index (χ4n) is 2.69. The van der Waals surface area contributed by atoms with Crippen LogP contribution in [0.1, 0.15) is 21.5 Å². The predicted molar refractivity (Wildman–Crippen MR) is 81.2 cm³/mol. The lowest BCUT2D eigenvalue weighted by Gasteiger charge is -2.14. The van der Waals surface area contributed by atoms with E-state index in [1.165, 1.54) is 11.1 Å². The molecule has 0 bridgehead atoms. The van der Waals surface area contributed by atoms with Crippen molar-refractivity contribution in [2.24, 2.45) is 5.73 Å². The van der Waals surface area contributed by atoms with Crippen LogP contribution in [0.2, 0.25) is 5.02 Å². The van der Waals surface area contributed by atoms with E-state index in [0.29, 0.717) is 11.6 Å². The average molecular weight is 287 g/mol. The van der Waals surface area contributed by atoms with Crippen molar-refractivity contribution in [3.63, 3.8) is 0 Å². The normalized spacial score (nSPS) is 16.8. The molecular weight excluding hydrogens is 272 g/mol. The van der Waals surface area contributed by atoms with Crippen molar-refractivity contribution in [3.05, 3.63) is 64.2 Å². The van der Waals surface area contributed by atoms with Crippen LogP contribution in [-0.2, 0) is 12.8 Å². The van der Waals surface area contributed by atoms with Crippen molar-refractivity contribution in [1.82, 2.24) is 0 Å². The van der Waals surface area contributed by atoms with Gasteiger partial charge in [0.2, 0.25) is 5.91 Å². The first-order valence-electron chi connectivity index (χ1n) is 6.55. The molecule has 4 heteroatoms. The number of halogens is 1. The van der Waals surface area contributed by atoms with E-state index in [4.69, 9.17) is 17.3 Å². The third-order valence-electron chi connectivity index (χ3n) is 3.62. The van der Waals surface area contributed by atoms with Gasteiger partial charge in [-0.3, -0.25) is 4.79 Å². The molecule has 20 heavy (non-hydrogen) atoms. The van der Waals surface area contributed by atoms with Crippen molar-refractivity contribution < 1.29 is 4.79 Å². The van der Waals surface area contributed by atoms with Crippen LogP contribution < -0.4 is 11.1 Å². The zero-order valence-electron chi connectivity index (χ0n) is 10.9. The second-order valence-corrected chi connectivity index (χ2v) is 5.54. The van der Waals surface area contributed by atoms with Gasteiger partial charge in [0, 0.05) is 22.3 Å². The molecular formula is C16H15ClN2O. The van der Waals surface area contributed by atoms with E-state index in [2.05, 4.69) is 11.4 Å². The highest BCUT2D eigenvalue weighted by Gasteiger charge is 2.21. The first-order valence-corrected chi connectivity index (χ1v) is 6.93. The fraction of sp³-hybridized carbons (Fsp3) is 0.188. The first kappa shape index (κ1) is 13.0. The van der Waals surface area contributed by atoms with E-state index in [1.807, 2.05) is 24.3 Å². The van der Waals surface area contributed by atoms with Gasteiger partial charge in [-0.15, -0.1) is 0 Å². The molecule has 0 saturated carbocycles. The quantitative estimate of drug-likeness (QED) is 0.911. The van der Waals surface area contributed by atoms with Crippen LogP contribution >= 0.6 is 11.6 Å². The van der Waals surface area contributed by atoms with Crippen LogP contribution in [0.15, 0.2) is 42.5 Å². The summed E-state index contributed by atoms with van der Waals surface area (Å²) in [5.74, 6) is -0.407. The highest BCUT2D eigenvalue weighted by atomic mass is 35.5. The number of carbonyl (C=O) groups excluding carboxylic acids is 1. The molecule has 102 valence electrons. The molecule has 0 fully saturated rings. The smallest absolute Gasteiger partial charge is 0.248 e. The molecule has 1 atom stereocenters. The Morgan fingerprint density at radius 1 is 1.15 bits per heavy atom. The summed E-state index contributed by atoms with van der Waals surface area (Å²) in [7, 11) is 0. The van der Waals surface area contributed by atoms with Gasteiger partial charge < -0.3 is 11.1 Å². The number of rotatable bonds is 3. The molecule has 0 heterocycles. The largest absolute Gasteiger partial charge is 0.382 e. The number of benzene rings is 2. The standard InChI is InChI=1S/C16H15ClN2O/c17-13-5-4-10-7-15(9-12(10)6-13)19-14-3-1-2-11(8-14)16(18)20/h1-6,8,15,19H,7,9H2,(H2,18,20). The van der Waals surface area contributed by atoms with Gasteiger partial charge in [0.25, 0.3) is 0 Å². The van der Waals surface area contributed by atoms with Gasteiger partial charge in [0.15, 0.2) is 0 Å². The average Bonchev–Trinajstić information content (AvgIpc) is 2.80. The summed E-state index contributed by atoms with van der Waals surface area (Å²) in [5.41, 5.74) is 9.36. The molecule has 1 amide bonds. The number of hydrogen-bond donors (Lipinski definition) is 2. The SMILES string of the molecule is NC(=O)c1cccc(NC2Cc3ccc(Cl)cc3C2)c1. The van der Waals surface area contributed by atoms with E-state index in [0.717, 1.165) is 23.6 Å². The summed E-state index contributed by atoms with van der Waals surface area (Å²) >= 11 is 6.02. The Morgan fingerprint density at radius 3 is 2.75 bits per heavy atom. The van der Waals surface area contributed by atoms with Crippen LogP contribution in [0.3, 0.4) is 0 Å². The Balaban J connectivity index is 1.74. The summed E-state index contributed by atoms with van der Waals surface area (Å²) in [4.78, 5) is 11.2. The van der Waals surface area contributed by atoms with Crippen LogP contribution in [0.5, 0.6) is 0 Å². The molecule has 3 rings (SSSR count). The van der Waals surface area contributed by atoms with Crippen molar-refractivity contribution in [3.8, 4) is 0 Å². The molecule has 3 N–H and O–H groups in total. The van der Waals surface area contributed by atoms with Gasteiger partial charge in [-0.05, 0) is 54.3 Å². The summed E-state index contributed by atoms with van der Waals surface area (Å²) in [6.45, 7) is 0. The maximum Gasteiger partial charge on any atom is 0.248 e. The Labute approximate surface area is 122 Å². The lowest BCUT2D eigenvalue weighted by Crippen LogP contribution is -2.20. The van der Waals surface area contributed by atoms with E-state index in [9.17, 15) is 4.79 Å². The summed E-state index contributed by atoms with van der Waals surface area (Å²) in [5, 5.41) is 4.23. The van der Waals surface area contributed by atoms with E-state index < -0.39 is 5.91 Å². The van der Waals surface area contributed by atoms with E-state index in [1.54, 1.807) is 12.1 Å². The molecule has 2 aromatic carbocycles. The Kier molecular flexibility index (Phi) is 3.36. The zero-order chi connectivity index (χ0) is 14.1. The van der Waals surface area contributed by atoms with Gasteiger partial charge in [-0.25, -0.2) is 0 Å². The van der Waals surface area contributed by atoms with E-state index in [-0.39, 0.29) is 0 Å². The van der Waals surface area contributed by atoms with Gasteiger partial charge >= 0.3 is 0 Å². The number of carbonyl (C=O) groups is 1. The van der Waals surface area contributed by atoms with Gasteiger partial charge in [-0.2, -0.15) is 0 Å². The zero-order valence-corrected chi connectivity index (χ0v) is 11.7. The summed E-state index contributed by atoms with van der Waals surface area (Å²) < 4.78 is 0. The maximum atomic E-state index is 11.2. The second-order valence-electron chi connectivity index (χ2n) is 5.11. The second kappa shape index (κ2) is 5.17. The Bertz CT molecular complexity index is 669. The highest BCUT2D eigenvalue weighted by molar-refractivity contribution is 6.30. The van der Waals surface area contributed by atoms with E-state index >= 15 is 0 Å². The number of nitrogens with one attached hydrogen (secondary N) is 1. The number of primary amides is 1. The fourth-order valence-corrected chi connectivity index (χ4v) is 2.88. The maximum absolute atomic E-state index is 11.2. The molecule has 1 aliphatic carbocycles. The first-order chi connectivity index (χ1) is 9.61. The lowest BCUT2D eigenvalue weighted by molar-refractivity contribution is 0.100. The Morgan fingerprint density at radius 2 is 1.95 bits per heavy atom. The third-order valence-corrected chi connectivity index (χ3v) is 3.85. The number of amides is 1. The van der Waals surface area contributed by atoms with Crippen LogP contribution in [0.4, 0.5) is 5.69 Å². The van der Waals surface area contributed by atoms with Crippen molar-refractivity contribution >= 4 is 23.2 Å². The van der Waals surface area contributed by atoms with Gasteiger partial charge in [0.05, 0.1) is 0 Å². The molecule has 0 spiro atoms.